The number of fused-ring (bicyclic) bond motifs is 2. The molecule has 0 amide bonds. The van der Waals surface area contributed by atoms with Crippen molar-refractivity contribution in [1.82, 2.24) is 10.2 Å². The standard InChI is InChI=1S/C17H32N2/c1-12-7-8-17(13(2)9-12)19-15-5-4-6-16(19)11-14(10-15)18-3/h12-18H,4-11H2,1-3H3. The Hall–Kier alpha value is -0.0800. The summed E-state index contributed by atoms with van der Waals surface area (Å²) in [7, 11) is 2.15. The molecular weight excluding hydrogens is 232 g/mol. The van der Waals surface area contributed by atoms with E-state index in [1.54, 1.807) is 0 Å². The van der Waals surface area contributed by atoms with Crippen LogP contribution in [0.4, 0.5) is 0 Å². The molecule has 3 aliphatic rings. The third-order valence-corrected chi connectivity index (χ3v) is 6.21. The maximum absolute atomic E-state index is 3.55. The van der Waals surface area contributed by atoms with Gasteiger partial charge in [0.15, 0.2) is 0 Å². The van der Waals surface area contributed by atoms with Gasteiger partial charge < -0.3 is 5.32 Å². The monoisotopic (exact) mass is 264 g/mol. The van der Waals surface area contributed by atoms with Crippen LogP contribution in [0.25, 0.3) is 0 Å². The molecule has 1 N–H and O–H groups in total. The second kappa shape index (κ2) is 5.73. The average Bonchev–Trinajstić information content (AvgIpc) is 2.37. The number of nitrogens with zero attached hydrogens (tertiary/aromatic N) is 1. The Balaban J connectivity index is 1.73. The van der Waals surface area contributed by atoms with Gasteiger partial charge in [-0.05, 0) is 63.8 Å². The molecule has 1 aliphatic carbocycles. The van der Waals surface area contributed by atoms with Crippen LogP contribution in [-0.2, 0) is 0 Å². The molecule has 3 rings (SSSR count). The van der Waals surface area contributed by atoms with Gasteiger partial charge in [0.2, 0.25) is 0 Å². The first-order valence-corrected chi connectivity index (χ1v) is 8.63. The van der Waals surface area contributed by atoms with Crippen LogP contribution in [0.3, 0.4) is 0 Å². The number of nitrogens with one attached hydrogen (secondary N) is 1. The molecule has 0 spiro atoms. The molecule has 0 radical (unpaired) electrons. The topological polar surface area (TPSA) is 15.3 Å². The molecule has 2 heteroatoms. The molecule has 3 fully saturated rings. The van der Waals surface area contributed by atoms with Gasteiger partial charge in [0.1, 0.15) is 0 Å². The fourth-order valence-electron chi connectivity index (χ4n) is 5.29. The van der Waals surface area contributed by atoms with Crippen molar-refractivity contribution >= 4 is 0 Å². The zero-order valence-electron chi connectivity index (χ0n) is 13.1. The normalized spacial score (nSPS) is 48.2. The van der Waals surface area contributed by atoms with Gasteiger partial charge >= 0.3 is 0 Å². The summed E-state index contributed by atoms with van der Waals surface area (Å²) in [6.07, 6.45) is 11.5. The Bertz CT molecular complexity index is 290. The minimum absolute atomic E-state index is 0.782. The van der Waals surface area contributed by atoms with E-state index in [1.165, 1.54) is 51.4 Å². The molecular formula is C17H32N2. The van der Waals surface area contributed by atoms with E-state index in [-0.39, 0.29) is 0 Å². The van der Waals surface area contributed by atoms with Crippen molar-refractivity contribution in [3.05, 3.63) is 0 Å². The summed E-state index contributed by atoms with van der Waals surface area (Å²) in [5, 5.41) is 3.55. The maximum Gasteiger partial charge on any atom is 0.0127 e. The summed E-state index contributed by atoms with van der Waals surface area (Å²) in [6.45, 7) is 4.96. The molecule has 110 valence electrons. The van der Waals surface area contributed by atoms with Crippen LogP contribution in [-0.4, -0.2) is 36.1 Å². The molecule has 5 atom stereocenters. The van der Waals surface area contributed by atoms with E-state index in [2.05, 4.69) is 31.1 Å². The highest BCUT2D eigenvalue weighted by molar-refractivity contribution is 4.99. The van der Waals surface area contributed by atoms with Crippen LogP contribution in [0.2, 0.25) is 0 Å². The van der Waals surface area contributed by atoms with Gasteiger partial charge in [0.05, 0.1) is 0 Å². The molecule has 2 saturated heterocycles. The third-order valence-electron chi connectivity index (χ3n) is 6.21. The summed E-state index contributed by atoms with van der Waals surface area (Å²) in [6, 6.07) is 3.44. The quantitative estimate of drug-likeness (QED) is 0.822. The van der Waals surface area contributed by atoms with E-state index in [0.29, 0.717) is 0 Å². The van der Waals surface area contributed by atoms with Crippen LogP contribution in [0.1, 0.15) is 65.2 Å². The Morgan fingerprint density at radius 1 is 0.895 bits per heavy atom. The number of hydrogen-bond donors (Lipinski definition) is 1. The molecule has 19 heavy (non-hydrogen) atoms. The molecule has 5 unspecified atom stereocenters. The molecule has 0 aromatic heterocycles. The van der Waals surface area contributed by atoms with Gasteiger partial charge in [0.25, 0.3) is 0 Å². The lowest BCUT2D eigenvalue weighted by molar-refractivity contribution is -0.0433. The molecule has 1 saturated carbocycles. The highest BCUT2D eigenvalue weighted by Gasteiger charge is 2.43. The summed E-state index contributed by atoms with van der Waals surface area (Å²) in [5.41, 5.74) is 0. The van der Waals surface area contributed by atoms with Crippen molar-refractivity contribution in [3.63, 3.8) is 0 Å². The second-order valence-electron chi connectivity index (χ2n) is 7.61. The predicted octanol–water partition coefficient (Wildman–Crippen LogP) is 3.42. The molecule has 0 aromatic carbocycles. The van der Waals surface area contributed by atoms with E-state index < -0.39 is 0 Å². The van der Waals surface area contributed by atoms with Gasteiger partial charge in [-0.3, -0.25) is 4.90 Å². The van der Waals surface area contributed by atoms with Crippen molar-refractivity contribution in [2.75, 3.05) is 7.05 Å². The minimum Gasteiger partial charge on any atom is -0.317 e. The summed E-state index contributed by atoms with van der Waals surface area (Å²) in [5.74, 6) is 1.87. The lowest BCUT2D eigenvalue weighted by Gasteiger charge is -2.55. The Labute approximate surface area is 119 Å². The SMILES string of the molecule is CNC1CC2CCCC(C1)N2C1CCC(C)CC1C. The van der Waals surface area contributed by atoms with Gasteiger partial charge in [-0.1, -0.05) is 20.3 Å². The van der Waals surface area contributed by atoms with Crippen LogP contribution < -0.4 is 5.32 Å². The smallest absolute Gasteiger partial charge is 0.0127 e. The Kier molecular flexibility index (Phi) is 4.19. The Morgan fingerprint density at radius 2 is 1.58 bits per heavy atom. The Morgan fingerprint density at radius 3 is 2.16 bits per heavy atom. The highest BCUT2D eigenvalue weighted by atomic mass is 15.2. The van der Waals surface area contributed by atoms with Gasteiger partial charge in [-0.2, -0.15) is 0 Å². The predicted molar refractivity (Wildman–Crippen MR) is 81.3 cm³/mol. The second-order valence-corrected chi connectivity index (χ2v) is 7.61. The van der Waals surface area contributed by atoms with Gasteiger partial charge in [-0.25, -0.2) is 0 Å². The molecule has 2 heterocycles. The van der Waals surface area contributed by atoms with E-state index in [0.717, 1.165) is 36.0 Å². The van der Waals surface area contributed by atoms with Crippen molar-refractivity contribution in [1.29, 1.82) is 0 Å². The zero-order valence-corrected chi connectivity index (χ0v) is 13.1. The van der Waals surface area contributed by atoms with Crippen LogP contribution >= 0.6 is 0 Å². The van der Waals surface area contributed by atoms with Crippen LogP contribution in [0.15, 0.2) is 0 Å². The van der Waals surface area contributed by atoms with Crippen molar-refractivity contribution < 1.29 is 0 Å². The first-order chi connectivity index (χ1) is 9.19. The lowest BCUT2D eigenvalue weighted by atomic mass is 9.74. The molecule has 2 aliphatic heterocycles. The summed E-state index contributed by atoms with van der Waals surface area (Å²) in [4.78, 5) is 2.99. The van der Waals surface area contributed by atoms with E-state index in [9.17, 15) is 0 Å². The summed E-state index contributed by atoms with van der Waals surface area (Å²) >= 11 is 0. The van der Waals surface area contributed by atoms with Crippen molar-refractivity contribution in [3.8, 4) is 0 Å². The van der Waals surface area contributed by atoms with Crippen LogP contribution in [0, 0.1) is 11.8 Å². The fraction of sp³-hybridized carbons (Fsp3) is 1.00. The molecule has 2 bridgehead atoms. The van der Waals surface area contributed by atoms with Crippen molar-refractivity contribution in [2.45, 2.75) is 89.4 Å². The summed E-state index contributed by atoms with van der Waals surface area (Å²) < 4.78 is 0. The first-order valence-electron chi connectivity index (χ1n) is 8.63. The van der Waals surface area contributed by atoms with E-state index >= 15 is 0 Å². The highest BCUT2D eigenvalue weighted by Crippen LogP contribution is 2.41. The minimum atomic E-state index is 0.782. The van der Waals surface area contributed by atoms with Gasteiger partial charge in [-0.15, -0.1) is 0 Å². The van der Waals surface area contributed by atoms with E-state index in [1.807, 2.05) is 0 Å². The first kappa shape index (κ1) is 13.9. The number of piperidine rings is 2. The lowest BCUT2D eigenvalue weighted by Crippen LogP contribution is -2.61. The van der Waals surface area contributed by atoms with E-state index in [4.69, 9.17) is 0 Å². The third kappa shape index (κ3) is 2.71. The number of hydrogen-bond acceptors (Lipinski definition) is 2. The molecule has 2 nitrogen and oxygen atoms in total. The largest absolute Gasteiger partial charge is 0.317 e. The van der Waals surface area contributed by atoms with Crippen LogP contribution in [0.5, 0.6) is 0 Å². The average molecular weight is 264 g/mol. The van der Waals surface area contributed by atoms with Gasteiger partial charge in [0, 0.05) is 24.2 Å². The molecule has 0 aromatic rings. The fourth-order valence-corrected chi connectivity index (χ4v) is 5.29. The maximum atomic E-state index is 3.55. The number of rotatable bonds is 2. The zero-order chi connectivity index (χ0) is 13.4. The van der Waals surface area contributed by atoms with Crippen molar-refractivity contribution in [2.24, 2.45) is 11.8 Å².